The number of fused-ring (bicyclic) bond motifs is 6. The van der Waals surface area contributed by atoms with E-state index in [4.69, 9.17) is 9.97 Å². The SMILES string of the molecule is Cc1cc(C)n(-c2ccc3c4ccccc4n(-c4ccc5c6ccccc6n(-c6ccccc6)c5n4)c3n2)n1. The van der Waals surface area contributed by atoms with Crippen LogP contribution < -0.4 is 0 Å². The first-order valence-corrected chi connectivity index (χ1v) is 13.1. The molecule has 0 amide bonds. The maximum absolute atomic E-state index is 5.32. The van der Waals surface area contributed by atoms with Crippen LogP contribution in [0.1, 0.15) is 11.4 Å². The Morgan fingerprint density at radius 3 is 1.74 bits per heavy atom. The fraction of sp³-hybridized carbons (Fsp3) is 0.0606. The van der Waals surface area contributed by atoms with E-state index in [9.17, 15) is 0 Å². The fourth-order valence-corrected chi connectivity index (χ4v) is 5.83. The minimum Gasteiger partial charge on any atom is -0.294 e. The Kier molecular flexibility index (Phi) is 4.55. The zero-order chi connectivity index (χ0) is 26.1. The molecule has 39 heavy (non-hydrogen) atoms. The van der Waals surface area contributed by atoms with Crippen LogP contribution in [0.25, 0.3) is 61.2 Å². The minimum absolute atomic E-state index is 0.789. The van der Waals surface area contributed by atoms with Crippen molar-refractivity contribution < 1.29 is 0 Å². The van der Waals surface area contributed by atoms with E-state index in [0.29, 0.717) is 0 Å². The second-order valence-corrected chi connectivity index (χ2v) is 9.96. The van der Waals surface area contributed by atoms with Gasteiger partial charge >= 0.3 is 0 Å². The van der Waals surface area contributed by atoms with Gasteiger partial charge < -0.3 is 0 Å². The molecule has 186 valence electrons. The molecule has 0 saturated heterocycles. The van der Waals surface area contributed by atoms with Gasteiger partial charge in [-0.2, -0.15) is 5.10 Å². The normalized spacial score (nSPS) is 11.8. The van der Waals surface area contributed by atoms with Crippen molar-refractivity contribution in [2.45, 2.75) is 13.8 Å². The lowest BCUT2D eigenvalue weighted by Crippen LogP contribution is -2.05. The van der Waals surface area contributed by atoms with Crippen molar-refractivity contribution in [2.24, 2.45) is 0 Å². The summed E-state index contributed by atoms with van der Waals surface area (Å²) in [6.45, 7) is 4.06. The van der Waals surface area contributed by atoms with Gasteiger partial charge in [0.1, 0.15) is 17.1 Å². The monoisotopic (exact) mass is 504 g/mol. The molecular formula is C33H24N6. The molecule has 0 aliphatic heterocycles. The lowest BCUT2D eigenvalue weighted by molar-refractivity contribution is 0.808. The third kappa shape index (κ3) is 3.18. The van der Waals surface area contributed by atoms with Crippen molar-refractivity contribution in [3.05, 3.63) is 121 Å². The minimum atomic E-state index is 0.789. The van der Waals surface area contributed by atoms with Crippen LogP contribution in [0, 0.1) is 13.8 Å². The largest absolute Gasteiger partial charge is 0.294 e. The number of hydrogen-bond acceptors (Lipinski definition) is 3. The summed E-state index contributed by atoms with van der Waals surface area (Å²) >= 11 is 0. The van der Waals surface area contributed by atoms with Crippen LogP contribution >= 0.6 is 0 Å². The molecule has 0 aliphatic rings. The highest BCUT2D eigenvalue weighted by Gasteiger charge is 2.19. The number of benzene rings is 3. The lowest BCUT2D eigenvalue weighted by Gasteiger charge is -2.10. The van der Waals surface area contributed by atoms with Crippen molar-refractivity contribution in [1.82, 2.24) is 28.9 Å². The predicted molar refractivity (Wildman–Crippen MR) is 157 cm³/mol. The van der Waals surface area contributed by atoms with Crippen molar-refractivity contribution >= 4 is 43.9 Å². The maximum atomic E-state index is 5.32. The first-order valence-electron chi connectivity index (χ1n) is 13.1. The summed E-state index contributed by atoms with van der Waals surface area (Å²) in [6.07, 6.45) is 0. The lowest BCUT2D eigenvalue weighted by atomic mass is 10.2. The van der Waals surface area contributed by atoms with Crippen molar-refractivity contribution in [3.8, 4) is 17.3 Å². The molecule has 6 nitrogen and oxygen atoms in total. The van der Waals surface area contributed by atoms with E-state index < -0.39 is 0 Å². The molecule has 0 bridgehead atoms. The summed E-state index contributed by atoms with van der Waals surface area (Å²) in [5, 5.41) is 9.21. The molecule has 5 aromatic heterocycles. The summed E-state index contributed by atoms with van der Waals surface area (Å²) in [6, 6.07) is 37.9. The molecule has 0 fully saturated rings. The predicted octanol–water partition coefficient (Wildman–Crippen LogP) is 7.47. The molecule has 0 aliphatic carbocycles. The summed E-state index contributed by atoms with van der Waals surface area (Å²) in [4.78, 5) is 10.5. The quantitative estimate of drug-likeness (QED) is 0.251. The Labute approximate surface area is 224 Å². The number of aromatic nitrogens is 6. The Hall–Kier alpha value is -5.23. The van der Waals surface area contributed by atoms with E-state index in [2.05, 4.69) is 118 Å². The van der Waals surface area contributed by atoms with Crippen LogP contribution in [0.3, 0.4) is 0 Å². The van der Waals surface area contributed by atoms with Gasteiger partial charge in [-0.25, -0.2) is 14.6 Å². The Balaban J connectivity index is 1.46. The average molecular weight is 505 g/mol. The molecule has 0 radical (unpaired) electrons. The van der Waals surface area contributed by atoms with Gasteiger partial charge in [0, 0.05) is 32.9 Å². The highest BCUT2D eigenvalue weighted by atomic mass is 15.3. The van der Waals surface area contributed by atoms with Crippen LogP contribution in [0.4, 0.5) is 0 Å². The smallest absolute Gasteiger partial charge is 0.156 e. The number of nitrogens with zero attached hydrogens (tertiary/aromatic N) is 6. The van der Waals surface area contributed by atoms with Crippen LogP contribution in [0.5, 0.6) is 0 Å². The van der Waals surface area contributed by atoms with E-state index in [1.165, 1.54) is 5.39 Å². The number of aryl methyl sites for hydroxylation is 2. The molecule has 0 atom stereocenters. The highest BCUT2D eigenvalue weighted by Crippen LogP contribution is 2.35. The van der Waals surface area contributed by atoms with Gasteiger partial charge in [-0.3, -0.25) is 9.13 Å². The van der Waals surface area contributed by atoms with Gasteiger partial charge in [-0.1, -0.05) is 54.6 Å². The average Bonchev–Trinajstić information content (AvgIpc) is 3.61. The molecule has 8 aromatic rings. The van der Waals surface area contributed by atoms with Gasteiger partial charge in [0.2, 0.25) is 0 Å². The third-order valence-electron chi connectivity index (χ3n) is 7.48. The maximum Gasteiger partial charge on any atom is 0.156 e. The van der Waals surface area contributed by atoms with Crippen LogP contribution in [0.2, 0.25) is 0 Å². The van der Waals surface area contributed by atoms with Crippen molar-refractivity contribution in [3.63, 3.8) is 0 Å². The standard InChI is InChI=1S/C33H24N6/c1-21-20-22(2)39(36-21)31-19-17-27-25-13-7-9-15-29(25)38(33(27)35-31)30-18-16-26-24-12-6-8-14-28(24)37(32(26)34-30)23-10-4-3-5-11-23/h3-20H,1-2H3. The topological polar surface area (TPSA) is 53.5 Å². The van der Waals surface area contributed by atoms with E-state index in [1.54, 1.807) is 0 Å². The summed E-state index contributed by atoms with van der Waals surface area (Å²) < 4.78 is 6.32. The first-order chi connectivity index (χ1) is 19.2. The molecule has 6 heteroatoms. The molecule has 8 rings (SSSR count). The Bertz CT molecular complexity index is 2200. The highest BCUT2D eigenvalue weighted by molar-refractivity contribution is 6.10. The van der Waals surface area contributed by atoms with E-state index in [1.807, 2.05) is 23.7 Å². The Morgan fingerprint density at radius 2 is 1.08 bits per heavy atom. The molecule has 0 saturated carbocycles. The zero-order valence-electron chi connectivity index (χ0n) is 21.6. The third-order valence-corrected chi connectivity index (χ3v) is 7.48. The van der Waals surface area contributed by atoms with Crippen molar-refractivity contribution in [1.29, 1.82) is 0 Å². The van der Waals surface area contributed by atoms with Gasteiger partial charge in [0.05, 0.1) is 16.7 Å². The number of pyridine rings is 2. The van der Waals surface area contributed by atoms with Gasteiger partial charge in [-0.15, -0.1) is 0 Å². The number of para-hydroxylation sites is 3. The van der Waals surface area contributed by atoms with E-state index in [0.717, 1.165) is 67.2 Å². The van der Waals surface area contributed by atoms with Crippen LogP contribution in [-0.4, -0.2) is 28.9 Å². The molecule has 5 heterocycles. The molecular weight excluding hydrogens is 480 g/mol. The molecule has 0 unspecified atom stereocenters. The second kappa shape index (κ2) is 8.13. The van der Waals surface area contributed by atoms with Crippen LogP contribution in [-0.2, 0) is 0 Å². The second-order valence-electron chi connectivity index (χ2n) is 9.96. The number of rotatable bonds is 3. The van der Waals surface area contributed by atoms with Gasteiger partial charge in [-0.05, 0) is 68.4 Å². The fourth-order valence-electron chi connectivity index (χ4n) is 5.83. The molecule has 0 spiro atoms. The molecule has 0 N–H and O–H groups in total. The van der Waals surface area contributed by atoms with E-state index in [-0.39, 0.29) is 0 Å². The van der Waals surface area contributed by atoms with Crippen molar-refractivity contribution in [2.75, 3.05) is 0 Å². The van der Waals surface area contributed by atoms with Crippen LogP contribution in [0.15, 0.2) is 109 Å². The van der Waals surface area contributed by atoms with Gasteiger partial charge in [0.15, 0.2) is 5.82 Å². The summed E-state index contributed by atoms with van der Waals surface area (Å²) in [5.74, 6) is 1.61. The molecule has 3 aromatic carbocycles. The van der Waals surface area contributed by atoms with E-state index >= 15 is 0 Å². The van der Waals surface area contributed by atoms with Gasteiger partial charge in [0.25, 0.3) is 0 Å². The summed E-state index contributed by atoms with van der Waals surface area (Å²) in [5.41, 5.74) is 7.08. The summed E-state index contributed by atoms with van der Waals surface area (Å²) in [7, 11) is 0. The Morgan fingerprint density at radius 1 is 0.513 bits per heavy atom. The number of hydrogen-bond donors (Lipinski definition) is 0. The zero-order valence-corrected chi connectivity index (χ0v) is 21.6. The first kappa shape index (κ1) is 21.8.